The number of nitrogens with zero attached hydrogens (tertiary/aromatic N) is 2. The first-order valence-electron chi connectivity index (χ1n) is 9.13. The summed E-state index contributed by atoms with van der Waals surface area (Å²) < 4.78 is 0. The van der Waals surface area contributed by atoms with E-state index in [9.17, 15) is 4.79 Å². The average Bonchev–Trinajstić information content (AvgIpc) is 3.24. The van der Waals surface area contributed by atoms with Crippen LogP contribution in [0.5, 0.6) is 0 Å². The Morgan fingerprint density at radius 2 is 1.96 bits per heavy atom. The van der Waals surface area contributed by atoms with E-state index in [0.717, 1.165) is 45.7 Å². The summed E-state index contributed by atoms with van der Waals surface area (Å²) in [7, 11) is 0. The van der Waals surface area contributed by atoms with Crippen LogP contribution in [-0.2, 0) is 24.1 Å². The zero-order valence-electron chi connectivity index (χ0n) is 13.9. The van der Waals surface area contributed by atoms with Gasteiger partial charge in [0.25, 0.3) is 0 Å². The first-order valence-corrected chi connectivity index (χ1v) is 9.13. The maximum atomic E-state index is 12.6. The van der Waals surface area contributed by atoms with Crippen LogP contribution in [0.25, 0.3) is 0 Å². The van der Waals surface area contributed by atoms with E-state index in [2.05, 4.69) is 33.3 Å². The van der Waals surface area contributed by atoms with Gasteiger partial charge in [-0.1, -0.05) is 18.2 Å². The highest BCUT2D eigenvalue weighted by molar-refractivity contribution is 5.79. The van der Waals surface area contributed by atoms with Crippen molar-refractivity contribution in [2.45, 2.75) is 38.1 Å². The van der Waals surface area contributed by atoms with Crippen molar-refractivity contribution in [3.63, 3.8) is 0 Å². The van der Waals surface area contributed by atoms with Crippen LogP contribution in [0, 0.1) is 0 Å². The highest BCUT2D eigenvalue weighted by atomic mass is 16.2. The molecule has 0 aromatic heterocycles. The molecule has 1 aromatic rings. The molecule has 2 saturated heterocycles. The summed E-state index contributed by atoms with van der Waals surface area (Å²) in [4.78, 5) is 17.3. The average molecular weight is 313 g/mol. The number of amides is 1. The van der Waals surface area contributed by atoms with Crippen molar-refractivity contribution in [3.8, 4) is 0 Å². The molecule has 1 N–H and O–H groups in total. The molecule has 4 nitrogen and oxygen atoms in total. The summed E-state index contributed by atoms with van der Waals surface area (Å²) in [5.41, 5.74) is 4.15. The lowest BCUT2D eigenvalue weighted by molar-refractivity contribution is -0.129. The molecule has 0 radical (unpaired) electrons. The zero-order valence-corrected chi connectivity index (χ0v) is 13.9. The minimum absolute atomic E-state index is 0.306. The fraction of sp³-hybridized carbons (Fsp3) is 0.632. The van der Waals surface area contributed by atoms with Crippen LogP contribution in [0.1, 0.15) is 29.5 Å². The minimum atomic E-state index is 0.306. The molecule has 2 heterocycles. The van der Waals surface area contributed by atoms with Gasteiger partial charge in [-0.25, -0.2) is 0 Å². The molecule has 0 bridgehead atoms. The number of benzene rings is 1. The number of carbonyl (C=O) groups excluding carboxylic acids is 1. The molecule has 0 saturated carbocycles. The second-order valence-electron chi connectivity index (χ2n) is 7.20. The van der Waals surface area contributed by atoms with E-state index >= 15 is 0 Å². The molecule has 3 aliphatic rings. The summed E-state index contributed by atoms with van der Waals surface area (Å²) in [6.45, 7) is 6.26. The number of nitrogens with one attached hydrogen (secondary N) is 1. The number of fused-ring (bicyclic) bond motifs is 1. The number of rotatable bonds is 3. The minimum Gasteiger partial charge on any atom is -0.341 e. The SMILES string of the molecule is O=C(Cc1ccc2c(c1)CCC2)N1CCC(N2CCNCC2)C1. The van der Waals surface area contributed by atoms with Crippen LogP contribution in [0.15, 0.2) is 18.2 Å². The summed E-state index contributed by atoms with van der Waals surface area (Å²) >= 11 is 0. The topological polar surface area (TPSA) is 35.6 Å². The first-order chi connectivity index (χ1) is 11.3. The molecule has 4 rings (SSSR count). The van der Waals surface area contributed by atoms with Crippen LogP contribution < -0.4 is 5.32 Å². The second kappa shape index (κ2) is 6.62. The predicted octanol–water partition coefficient (Wildman–Crippen LogP) is 1.22. The zero-order chi connectivity index (χ0) is 15.6. The molecule has 1 atom stereocenters. The fourth-order valence-corrected chi connectivity index (χ4v) is 4.34. The van der Waals surface area contributed by atoms with E-state index in [0.29, 0.717) is 18.4 Å². The number of carbonyl (C=O) groups is 1. The molecule has 2 aliphatic heterocycles. The number of hydrogen-bond acceptors (Lipinski definition) is 3. The van der Waals surface area contributed by atoms with Crippen molar-refractivity contribution in [2.24, 2.45) is 0 Å². The number of hydrogen-bond donors (Lipinski definition) is 1. The van der Waals surface area contributed by atoms with Crippen LogP contribution in [0.2, 0.25) is 0 Å². The number of aryl methyl sites for hydroxylation is 2. The van der Waals surface area contributed by atoms with Gasteiger partial charge >= 0.3 is 0 Å². The smallest absolute Gasteiger partial charge is 0.227 e. The second-order valence-corrected chi connectivity index (χ2v) is 7.20. The molecule has 0 spiro atoms. The van der Waals surface area contributed by atoms with Gasteiger partial charge in [0.2, 0.25) is 5.91 Å². The molecular formula is C19H27N3O. The third kappa shape index (κ3) is 3.29. The highest BCUT2D eigenvalue weighted by Gasteiger charge is 2.30. The van der Waals surface area contributed by atoms with Crippen LogP contribution >= 0.6 is 0 Å². The third-order valence-corrected chi connectivity index (χ3v) is 5.70. The normalized spacial score (nSPS) is 24.9. The Balaban J connectivity index is 1.34. The maximum Gasteiger partial charge on any atom is 0.227 e. The van der Waals surface area contributed by atoms with Gasteiger partial charge in [0, 0.05) is 45.3 Å². The van der Waals surface area contributed by atoms with Gasteiger partial charge in [-0.15, -0.1) is 0 Å². The summed E-state index contributed by atoms with van der Waals surface area (Å²) in [6.07, 6.45) is 5.37. The van der Waals surface area contributed by atoms with E-state index in [1.807, 2.05) is 0 Å². The molecule has 1 aliphatic carbocycles. The molecule has 4 heteroatoms. The molecule has 124 valence electrons. The third-order valence-electron chi connectivity index (χ3n) is 5.70. The van der Waals surface area contributed by atoms with Crippen molar-refractivity contribution >= 4 is 5.91 Å². The van der Waals surface area contributed by atoms with Gasteiger partial charge < -0.3 is 10.2 Å². The lowest BCUT2D eigenvalue weighted by atomic mass is 10.0. The van der Waals surface area contributed by atoms with Crippen molar-refractivity contribution in [1.82, 2.24) is 15.1 Å². The largest absolute Gasteiger partial charge is 0.341 e. The Morgan fingerprint density at radius 3 is 2.83 bits per heavy atom. The summed E-state index contributed by atoms with van der Waals surface area (Å²) in [6, 6.07) is 7.23. The number of likely N-dealkylation sites (tertiary alicyclic amines) is 1. The Bertz CT molecular complexity index is 580. The van der Waals surface area contributed by atoms with Crippen molar-refractivity contribution in [2.75, 3.05) is 39.3 Å². The van der Waals surface area contributed by atoms with E-state index in [-0.39, 0.29) is 0 Å². The van der Waals surface area contributed by atoms with E-state index in [1.165, 1.54) is 36.0 Å². The van der Waals surface area contributed by atoms with E-state index < -0.39 is 0 Å². The van der Waals surface area contributed by atoms with Crippen LogP contribution in [0.4, 0.5) is 0 Å². The Morgan fingerprint density at radius 1 is 1.13 bits per heavy atom. The quantitative estimate of drug-likeness (QED) is 0.911. The Hall–Kier alpha value is -1.39. The maximum absolute atomic E-state index is 12.6. The van der Waals surface area contributed by atoms with Crippen molar-refractivity contribution in [3.05, 3.63) is 34.9 Å². The monoisotopic (exact) mass is 313 g/mol. The fourth-order valence-electron chi connectivity index (χ4n) is 4.34. The van der Waals surface area contributed by atoms with Crippen molar-refractivity contribution < 1.29 is 4.79 Å². The summed E-state index contributed by atoms with van der Waals surface area (Å²) in [5, 5.41) is 3.40. The van der Waals surface area contributed by atoms with E-state index in [1.54, 1.807) is 0 Å². The Kier molecular flexibility index (Phi) is 4.36. The molecule has 1 aromatic carbocycles. The van der Waals surface area contributed by atoms with Gasteiger partial charge in [-0.05, 0) is 42.4 Å². The van der Waals surface area contributed by atoms with Gasteiger partial charge in [0.1, 0.15) is 0 Å². The first kappa shape index (κ1) is 15.2. The van der Waals surface area contributed by atoms with Crippen LogP contribution in [0.3, 0.4) is 0 Å². The lowest BCUT2D eigenvalue weighted by Crippen LogP contribution is -2.49. The Labute approximate surface area is 138 Å². The lowest BCUT2D eigenvalue weighted by Gasteiger charge is -2.32. The van der Waals surface area contributed by atoms with Gasteiger partial charge in [-0.2, -0.15) is 0 Å². The van der Waals surface area contributed by atoms with E-state index in [4.69, 9.17) is 0 Å². The molecular weight excluding hydrogens is 286 g/mol. The molecule has 1 unspecified atom stereocenters. The van der Waals surface area contributed by atoms with Crippen molar-refractivity contribution in [1.29, 1.82) is 0 Å². The number of piperazine rings is 1. The van der Waals surface area contributed by atoms with Gasteiger partial charge in [0.05, 0.1) is 6.42 Å². The van der Waals surface area contributed by atoms with Gasteiger partial charge in [-0.3, -0.25) is 9.69 Å². The predicted molar refractivity (Wildman–Crippen MR) is 91.6 cm³/mol. The summed E-state index contributed by atoms with van der Waals surface area (Å²) in [5.74, 6) is 0.306. The van der Waals surface area contributed by atoms with Gasteiger partial charge in [0.15, 0.2) is 0 Å². The molecule has 1 amide bonds. The highest BCUT2D eigenvalue weighted by Crippen LogP contribution is 2.24. The molecule has 2 fully saturated rings. The standard InChI is InChI=1S/C19H27N3O/c23-19(13-15-4-5-16-2-1-3-17(16)12-15)22-9-6-18(14-22)21-10-7-20-8-11-21/h4-5,12,18,20H,1-3,6-11,13-14H2. The molecule has 23 heavy (non-hydrogen) atoms. The van der Waals surface area contributed by atoms with Crippen LogP contribution in [-0.4, -0.2) is 61.0 Å².